The van der Waals surface area contributed by atoms with Crippen molar-refractivity contribution in [1.29, 1.82) is 0 Å². The third kappa shape index (κ3) is 2.73. The Morgan fingerprint density at radius 2 is 2.27 bits per heavy atom. The molecular weight excluding hydrogens is 280 g/mol. The maximum Gasteiger partial charge on any atom is 0.251 e. The molecule has 3 rings (SSSR count). The Labute approximate surface area is 130 Å². The summed E-state index contributed by atoms with van der Waals surface area (Å²) in [5.41, 5.74) is 1.72. The average molecular weight is 302 g/mol. The highest BCUT2D eigenvalue weighted by atomic mass is 16.5. The van der Waals surface area contributed by atoms with Crippen molar-refractivity contribution >= 4 is 17.5 Å². The number of ether oxygens (including phenoxy) is 1. The number of anilines is 1. The van der Waals surface area contributed by atoms with Crippen molar-refractivity contribution < 1.29 is 14.3 Å². The van der Waals surface area contributed by atoms with Crippen LogP contribution >= 0.6 is 0 Å². The number of nitrogens with one attached hydrogen (secondary N) is 2. The summed E-state index contributed by atoms with van der Waals surface area (Å²) in [6.45, 7) is 5.95. The lowest BCUT2D eigenvalue weighted by molar-refractivity contribution is -0.119. The van der Waals surface area contributed by atoms with Gasteiger partial charge in [-0.2, -0.15) is 0 Å². The first-order valence-electron chi connectivity index (χ1n) is 7.80. The van der Waals surface area contributed by atoms with Crippen LogP contribution in [0.4, 0.5) is 5.69 Å². The number of rotatable bonds is 3. The number of carbonyl (C=O) groups is 2. The Morgan fingerprint density at radius 3 is 3.00 bits per heavy atom. The number of hydrogen-bond donors (Lipinski definition) is 2. The molecule has 1 aromatic carbocycles. The SMILES string of the molecule is CC1(C)C(=O)Nc2cc(C(=O)NC[C@H]3CCCOC3)ccc21. The van der Waals surface area contributed by atoms with Crippen molar-refractivity contribution in [2.75, 3.05) is 25.1 Å². The number of carbonyl (C=O) groups excluding carboxylic acids is 2. The molecule has 22 heavy (non-hydrogen) atoms. The fraction of sp³-hybridized carbons (Fsp3) is 0.529. The molecule has 0 aromatic heterocycles. The Kier molecular flexibility index (Phi) is 3.91. The number of hydrogen-bond acceptors (Lipinski definition) is 3. The zero-order chi connectivity index (χ0) is 15.7. The molecule has 1 saturated heterocycles. The van der Waals surface area contributed by atoms with Gasteiger partial charge < -0.3 is 15.4 Å². The van der Waals surface area contributed by atoms with Crippen LogP contribution in [0.1, 0.15) is 42.6 Å². The highest BCUT2D eigenvalue weighted by molar-refractivity contribution is 6.07. The lowest BCUT2D eigenvalue weighted by atomic mass is 9.86. The van der Waals surface area contributed by atoms with E-state index in [1.807, 2.05) is 19.9 Å². The van der Waals surface area contributed by atoms with E-state index in [1.54, 1.807) is 12.1 Å². The minimum absolute atomic E-state index is 0.0283. The first-order valence-corrected chi connectivity index (χ1v) is 7.80. The van der Waals surface area contributed by atoms with E-state index in [0.717, 1.165) is 30.7 Å². The van der Waals surface area contributed by atoms with Crippen LogP contribution in [0.5, 0.6) is 0 Å². The van der Waals surface area contributed by atoms with E-state index in [9.17, 15) is 9.59 Å². The van der Waals surface area contributed by atoms with Crippen LogP contribution in [0.2, 0.25) is 0 Å². The number of amides is 2. The van der Waals surface area contributed by atoms with Crippen molar-refractivity contribution in [2.45, 2.75) is 32.1 Å². The molecule has 2 amide bonds. The Bertz CT molecular complexity index is 604. The minimum Gasteiger partial charge on any atom is -0.381 e. The molecule has 5 nitrogen and oxygen atoms in total. The molecule has 1 atom stereocenters. The average Bonchev–Trinajstić information content (AvgIpc) is 2.75. The quantitative estimate of drug-likeness (QED) is 0.898. The monoisotopic (exact) mass is 302 g/mol. The third-order valence-corrected chi connectivity index (χ3v) is 4.58. The van der Waals surface area contributed by atoms with Gasteiger partial charge in [0, 0.05) is 24.4 Å². The molecule has 2 aliphatic rings. The van der Waals surface area contributed by atoms with Crippen molar-refractivity contribution in [3.8, 4) is 0 Å². The van der Waals surface area contributed by atoms with E-state index in [0.29, 0.717) is 24.6 Å². The maximum absolute atomic E-state index is 12.3. The summed E-state index contributed by atoms with van der Waals surface area (Å²) in [6.07, 6.45) is 2.15. The second kappa shape index (κ2) is 5.72. The van der Waals surface area contributed by atoms with Gasteiger partial charge in [-0.05, 0) is 50.3 Å². The second-order valence-electron chi connectivity index (χ2n) is 6.63. The Hall–Kier alpha value is -1.88. The van der Waals surface area contributed by atoms with Crippen LogP contribution < -0.4 is 10.6 Å². The Balaban J connectivity index is 1.67. The highest BCUT2D eigenvalue weighted by Gasteiger charge is 2.38. The summed E-state index contributed by atoms with van der Waals surface area (Å²) in [6, 6.07) is 5.41. The van der Waals surface area contributed by atoms with Gasteiger partial charge in [0.05, 0.1) is 12.0 Å². The molecule has 0 bridgehead atoms. The maximum atomic E-state index is 12.3. The van der Waals surface area contributed by atoms with Gasteiger partial charge in [0.1, 0.15) is 0 Å². The lowest BCUT2D eigenvalue weighted by Crippen LogP contribution is -2.33. The van der Waals surface area contributed by atoms with Gasteiger partial charge in [0.2, 0.25) is 5.91 Å². The van der Waals surface area contributed by atoms with E-state index in [-0.39, 0.29) is 11.8 Å². The number of benzene rings is 1. The van der Waals surface area contributed by atoms with Crippen LogP contribution in [0.25, 0.3) is 0 Å². The first-order chi connectivity index (χ1) is 10.5. The van der Waals surface area contributed by atoms with Crippen LogP contribution in [0.15, 0.2) is 18.2 Å². The predicted molar refractivity (Wildman–Crippen MR) is 84.0 cm³/mol. The summed E-state index contributed by atoms with van der Waals surface area (Å²) >= 11 is 0. The summed E-state index contributed by atoms with van der Waals surface area (Å²) in [7, 11) is 0. The molecule has 1 aromatic rings. The van der Waals surface area contributed by atoms with Gasteiger partial charge in [-0.25, -0.2) is 0 Å². The minimum atomic E-state index is -0.538. The fourth-order valence-corrected chi connectivity index (χ4v) is 3.04. The molecule has 1 fully saturated rings. The topological polar surface area (TPSA) is 67.4 Å². The zero-order valence-electron chi connectivity index (χ0n) is 13.1. The first kappa shape index (κ1) is 15.0. The number of fused-ring (bicyclic) bond motifs is 1. The summed E-state index contributed by atoms with van der Waals surface area (Å²) in [5, 5.41) is 5.81. The molecule has 0 unspecified atom stereocenters. The smallest absolute Gasteiger partial charge is 0.251 e. The van der Waals surface area contributed by atoms with Crippen LogP contribution in [0, 0.1) is 5.92 Å². The second-order valence-corrected chi connectivity index (χ2v) is 6.63. The normalized spacial score (nSPS) is 22.8. The summed E-state index contributed by atoms with van der Waals surface area (Å²) in [4.78, 5) is 24.2. The van der Waals surface area contributed by atoms with Crippen LogP contribution in [-0.2, 0) is 14.9 Å². The molecule has 2 N–H and O–H groups in total. The standard InChI is InChI=1S/C17H22N2O3/c1-17(2)13-6-5-12(8-14(13)19-16(17)21)15(20)18-9-11-4-3-7-22-10-11/h5-6,8,11H,3-4,7,9-10H2,1-2H3,(H,18,20)(H,19,21)/t11-/m1/s1. The highest BCUT2D eigenvalue weighted by Crippen LogP contribution is 2.37. The van der Waals surface area contributed by atoms with Crippen molar-refractivity contribution in [3.05, 3.63) is 29.3 Å². The van der Waals surface area contributed by atoms with E-state index < -0.39 is 5.41 Å². The van der Waals surface area contributed by atoms with Crippen molar-refractivity contribution in [3.63, 3.8) is 0 Å². The summed E-state index contributed by atoms with van der Waals surface area (Å²) < 4.78 is 5.42. The largest absolute Gasteiger partial charge is 0.381 e. The molecular formula is C17H22N2O3. The van der Waals surface area contributed by atoms with Gasteiger partial charge >= 0.3 is 0 Å². The molecule has 0 radical (unpaired) electrons. The molecule has 0 aliphatic carbocycles. The van der Waals surface area contributed by atoms with E-state index in [4.69, 9.17) is 4.74 Å². The van der Waals surface area contributed by atoms with Gasteiger partial charge in [0.25, 0.3) is 5.91 Å². The van der Waals surface area contributed by atoms with Crippen molar-refractivity contribution in [1.82, 2.24) is 5.32 Å². The Morgan fingerprint density at radius 1 is 1.45 bits per heavy atom. The van der Waals surface area contributed by atoms with Gasteiger partial charge in [0.15, 0.2) is 0 Å². The molecule has 0 saturated carbocycles. The third-order valence-electron chi connectivity index (χ3n) is 4.58. The van der Waals surface area contributed by atoms with E-state index >= 15 is 0 Å². The lowest BCUT2D eigenvalue weighted by Gasteiger charge is -2.22. The summed E-state index contributed by atoms with van der Waals surface area (Å²) in [5.74, 6) is 0.262. The predicted octanol–water partition coefficient (Wildman–Crippen LogP) is 2.07. The molecule has 0 spiro atoms. The molecule has 2 aliphatic heterocycles. The van der Waals surface area contributed by atoms with Crippen molar-refractivity contribution in [2.24, 2.45) is 5.92 Å². The molecule has 5 heteroatoms. The zero-order valence-corrected chi connectivity index (χ0v) is 13.1. The van der Waals surface area contributed by atoms with Crippen LogP contribution in [-0.4, -0.2) is 31.6 Å². The van der Waals surface area contributed by atoms with Gasteiger partial charge in [-0.15, -0.1) is 0 Å². The van der Waals surface area contributed by atoms with Gasteiger partial charge in [-0.1, -0.05) is 6.07 Å². The fourth-order valence-electron chi connectivity index (χ4n) is 3.04. The molecule has 2 heterocycles. The van der Waals surface area contributed by atoms with E-state index in [1.165, 1.54) is 0 Å². The van der Waals surface area contributed by atoms with E-state index in [2.05, 4.69) is 10.6 Å². The van der Waals surface area contributed by atoms with Gasteiger partial charge in [-0.3, -0.25) is 9.59 Å². The molecule has 118 valence electrons. The van der Waals surface area contributed by atoms with Crippen LogP contribution in [0.3, 0.4) is 0 Å².